The van der Waals surface area contributed by atoms with E-state index in [1.54, 1.807) is 0 Å². The van der Waals surface area contributed by atoms with Crippen LogP contribution in [-0.2, 0) is 10.8 Å². The monoisotopic (exact) mass is 749 g/mol. The standard InChI is InChI=1S/C56H47NO/c1-55(2)48-33-47-43-29-26-36-31-38(27-30-40(36)52(43)56(3,4)49(47)32-46(48)42-28-25-35-17-11-12-20-39(35)51(42)55)57(37-18-9-6-10-19-37)50-24-14-23-45-44-22-13-21-41(53(44)58-54(45)50)34-15-7-5-8-16-34/h6,9-14,17-34H,5,7-8,15-16H2,1-4H3. The maximum absolute atomic E-state index is 7.05. The summed E-state index contributed by atoms with van der Waals surface area (Å²) in [6, 6.07) is 54.7. The fraction of sp³-hybridized carbons (Fsp3) is 0.214. The molecule has 3 aliphatic rings. The first-order valence-corrected chi connectivity index (χ1v) is 21.4. The number of benzene rings is 8. The number of anilines is 3. The summed E-state index contributed by atoms with van der Waals surface area (Å²) in [7, 11) is 0. The first-order valence-electron chi connectivity index (χ1n) is 21.4. The van der Waals surface area contributed by atoms with Crippen molar-refractivity contribution in [2.24, 2.45) is 0 Å². The molecule has 282 valence electrons. The van der Waals surface area contributed by atoms with E-state index in [0.717, 1.165) is 28.2 Å². The largest absolute Gasteiger partial charge is 0.454 e. The second-order valence-electron chi connectivity index (χ2n) is 18.3. The van der Waals surface area contributed by atoms with E-state index in [4.69, 9.17) is 4.42 Å². The van der Waals surface area contributed by atoms with Crippen LogP contribution in [0.15, 0.2) is 150 Å². The SMILES string of the molecule is CC1(C)c2cc3c(cc2-c2ccc4ccccc4c21)C(C)(C)c1c-3ccc2cc(N(c3ccccc3)c3cccc4c3oc3c(C5CCCCC5)cccc34)ccc12. The molecule has 1 saturated carbocycles. The Labute approximate surface area is 340 Å². The molecule has 58 heavy (non-hydrogen) atoms. The van der Waals surface area contributed by atoms with E-state index in [1.165, 1.54) is 114 Å². The highest BCUT2D eigenvalue weighted by atomic mass is 16.3. The average molecular weight is 750 g/mol. The van der Waals surface area contributed by atoms with Crippen LogP contribution >= 0.6 is 0 Å². The van der Waals surface area contributed by atoms with Crippen molar-refractivity contribution in [1.82, 2.24) is 0 Å². The van der Waals surface area contributed by atoms with Crippen LogP contribution in [0, 0.1) is 0 Å². The number of hydrogen-bond donors (Lipinski definition) is 0. The number of fused-ring (bicyclic) bond motifs is 13. The lowest BCUT2D eigenvalue weighted by Crippen LogP contribution is -2.17. The Morgan fingerprint density at radius 1 is 0.466 bits per heavy atom. The van der Waals surface area contributed by atoms with Crippen molar-refractivity contribution in [3.8, 4) is 22.3 Å². The summed E-state index contributed by atoms with van der Waals surface area (Å²) in [4.78, 5) is 2.39. The van der Waals surface area contributed by atoms with Gasteiger partial charge >= 0.3 is 0 Å². The van der Waals surface area contributed by atoms with Crippen LogP contribution in [0.5, 0.6) is 0 Å². The quantitative estimate of drug-likeness (QED) is 0.178. The number of para-hydroxylation sites is 3. The van der Waals surface area contributed by atoms with Gasteiger partial charge in [-0.05, 0) is 133 Å². The van der Waals surface area contributed by atoms with E-state index in [0.29, 0.717) is 5.92 Å². The molecule has 0 radical (unpaired) electrons. The van der Waals surface area contributed by atoms with Crippen molar-refractivity contribution in [2.75, 3.05) is 4.90 Å². The first-order chi connectivity index (χ1) is 28.3. The second kappa shape index (κ2) is 12.2. The molecule has 8 aromatic carbocycles. The highest BCUT2D eigenvalue weighted by molar-refractivity contribution is 6.11. The van der Waals surface area contributed by atoms with Crippen molar-refractivity contribution in [2.45, 2.75) is 76.5 Å². The fourth-order valence-electron chi connectivity index (χ4n) is 11.6. The minimum absolute atomic E-state index is 0.0970. The molecular formula is C56H47NO. The molecule has 0 spiro atoms. The molecule has 1 fully saturated rings. The molecule has 0 bridgehead atoms. The van der Waals surface area contributed by atoms with Gasteiger partial charge in [0, 0.05) is 33.0 Å². The van der Waals surface area contributed by atoms with Crippen LogP contribution in [0.3, 0.4) is 0 Å². The molecule has 1 aromatic heterocycles. The summed E-state index contributed by atoms with van der Waals surface area (Å²) >= 11 is 0. The third kappa shape index (κ3) is 4.66. The predicted molar refractivity (Wildman–Crippen MR) is 244 cm³/mol. The molecule has 0 saturated heterocycles. The van der Waals surface area contributed by atoms with E-state index in [9.17, 15) is 0 Å². The van der Waals surface area contributed by atoms with E-state index in [2.05, 4.69) is 178 Å². The van der Waals surface area contributed by atoms with Crippen LogP contribution in [0.4, 0.5) is 17.1 Å². The molecule has 0 aliphatic heterocycles. The zero-order chi connectivity index (χ0) is 38.9. The molecule has 3 aliphatic carbocycles. The maximum Gasteiger partial charge on any atom is 0.159 e. The van der Waals surface area contributed by atoms with Gasteiger partial charge in [0.2, 0.25) is 0 Å². The van der Waals surface area contributed by atoms with Crippen LogP contribution in [0.2, 0.25) is 0 Å². The molecule has 0 unspecified atom stereocenters. The van der Waals surface area contributed by atoms with Crippen LogP contribution in [0.1, 0.15) is 93.5 Å². The van der Waals surface area contributed by atoms with Gasteiger partial charge in [0.15, 0.2) is 5.58 Å². The van der Waals surface area contributed by atoms with Gasteiger partial charge in [-0.1, -0.05) is 150 Å². The van der Waals surface area contributed by atoms with Crippen LogP contribution in [0.25, 0.3) is 65.7 Å². The third-order valence-corrected chi connectivity index (χ3v) is 14.4. The molecule has 0 N–H and O–H groups in total. The van der Waals surface area contributed by atoms with E-state index in [-0.39, 0.29) is 10.8 Å². The fourth-order valence-corrected chi connectivity index (χ4v) is 11.6. The lowest BCUT2D eigenvalue weighted by atomic mass is 9.78. The van der Waals surface area contributed by atoms with E-state index in [1.807, 2.05) is 0 Å². The van der Waals surface area contributed by atoms with Gasteiger partial charge < -0.3 is 9.32 Å². The summed E-state index contributed by atoms with van der Waals surface area (Å²) in [6.45, 7) is 9.69. The minimum atomic E-state index is -0.167. The topological polar surface area (TPSA) is 16.4 Å². The van der Waals surface area contributed by atoms with Gasteiger partial charge in [0.25, 0.3) is 0 Å². The lowest BCUT2D eigenvalue weighted by molar-refractivity contribution is 0.442. The molecule has 0 atom stereocenters. The van der Waals surface area contributed by atoms with Crippen molar-refractivity contribution in [3.05, 3.63) is 173 Å². The number of furan rings is 1. The summed E-state index contributed by atoms with van der Waals surface area (Å²) < 4.78 is 7.05. The van der Waals surface area contributed by atoms with Crippen LogP contribution < -0.4 is 4.90 Å². The van der Waals surface area contributed by atoms with Crippen LogP contribution in [-0.4, -0.2) is 0 Å². The van der Waals surface area contributed by atoms with Crippen molar-refractivity contribution in [3.63, 3.8) is 0 Å². The Bertz CT molecular complexity index is 3160. The molecule has 9 aromatic rings. The van der Waals surface area contributed by atoms with Gasteiger partial charge in [-0.2, -0.15) is 0 Å². The number of nitrogens with zero attached hydrogens (tertiary/aromatic N) is 1. The smallest absolute Gasteiger partial charge is 0.159 e. The minimum Gasteiger partial charge on any atom is -0.454 e. The lowest BCUT2D eigenvalue weighted by Gasteiger charge is -2.27. The highest BCUT2D eigenvalue weighted by Gasteiger charge is 2.43. The maximum atomic E-state index is 7.05. The van der Waals surface area contributed by atoms with E-state index < -0.39 is 0 Å². The Hall–Kier alpha value is -6.12. The van der Waals surface area contributed by atoms with E-state index >= 15 is 0 Å². The molecule has 1 heterocycles. The summed E-state index contributed by atoms with van der Waals surface area (Å²) in [5.41, 5.74) is 17.7. The van der Waals surface area contributed by atoms with Gasteiger partial charge in [0.1, 0.15) is 5.58 Å². The van der Waals surface area contributed by atoms with Crippen molar-refractivity contribution >= 4 is 60.5 Å². The Morgan fingerprint density at radius 2 is 1.07 bits per heavy atom. The van der Waals surface area contributed by atoms with Crippen molar-refractivity contribution < 1.29 is 4.42 Å². The molecule has 0 amide bonds. The predicted octanol–water partition coefficient (Wildman–Crippen LogP) is 16.0. The Morgan fingerprint density at radius 3 is 1.79 bits per heavy atom. The van der Waals surface area contributed by atoms with Gasteiger partial charge in [-0.25, -0.2) is 0 Å². The van der Waals surface area contributed by atoms with Crippen molar-refractivity contribution in [1.29, 1.82) is 0 Å². The third-order valence-electron chi connectivity index (χ3n) is 14.4. The highest BCUT2D eigenvalue weighted by Crippen LogP contribution is 2.58. The molecular weight excluding hydrogens is 703 g/mol. The summed E-state index contributed by atoms with van der Waals surface area (Å²) in [5.74, 6) is 0.563. The first kappa shape index (κ1) is 34.0. The Balaban J connectivity index is 1.00. The zero-order valence-electron chi connectivity index (χ0n) is 33.8. The average Bonchev–Trinajstić information content (AvgIpc) is 3.84. The van der Waals surface area contributed by atoms with Gasteiger partial charge in [-0.15, -0.1) is 0 Å². The number of hydrogen-bond acceptors (Lipinski definition) is 2. The second-order valence-corrected chi connectivity index (χ2v) is 18.3. The molecule has 2 heteroatoms. The van der Waals surface area contributed by atoms with Gasteiger partial charge in [-0.3, -0.25) is 0 Å². The molecule has 12 rings (SSSR count). The Kier molecular flexibility index (Phi) is 7.14. The summed E-state index contributed by atoms with van der Waals surface area (Å²) in [6.07, 6.45) is 6.43. The summed E-state index contributed by atoms with van der Waals surface area (Å²) in [5, 5.41) is 7.65. The van der Waals surface area contributed by atoms with Gasteiger partial charge in [0.05, 0.1) is 5.69 Å². The normalized spacial score (nSPS) is 16.5. The molecule has 2 nitrogen and oxygen atoms in total. The zero-order valence-corrected chi connectivity index (χ0v) is 33.8. The number of rotatable bonds is 4.